The van der Waals surface area contributed by atoms with Crippen molar-refractivity contribution in [3.8, 4) is 0 Å². The van der Waals surface area contributed by atoms with Gasteiger partial charge in [0.2, 0.25) is 0 Å². The van der Waals surface area contributed by atoms with Crippen LogP contribution in [0.2, 0.25) is 5.02 Å². The highest BCUT2D eigenvalue weighted by atomic mass is 79.9. The Balaban J connectivity index is 2.39. The first-order valence-corrected chi connectivity index (χ1v) is 7.99. The van der Waals surface area contributed by atoms with Gasteiger partial charge in [0, 0.05) is 16.7 Å². The number of nitro benzene ring substituents is 1. The van der Waals surface area contributed by atoms with Crippen molar-refractivity contribution in [3.05, 3.63) is 74.8 Å². The molecule has 0 amide bonds. The Morgan fingerprint density at radius 2 is 1.45 bits per heavy atom. The van der Waals surface area contributed by atoms with E-state index in [0.717, 1.165) is 5.56 Å². The second-order valence-corrected chi connectivity index (χ2v) is 6.52. The van der Waals surface area contributed by atoms with Gasteiger partial charge in [-0.15, -0.1) is 0 Å². The first kappa shape index (κ1) is 15.5. The molecule has 0 heterocycles. The lowest BCUT2D eigenvalue weighted by Crippen LogP contribution is -2.03. The third-order valence-electron chi connectivity index (χ3n) is 2.89. The molecule has 0 aliphatic rings. The fraction of sp³-hybridized carbons (Fsp3) is 0.143. The van der Waals surface area contributed by atoms with Crippen LogP contribution in [-0.4, -0.2) is 4.92 Å². The van der Waals surface area contributed by atoms with Crippen molar-refractivity contribution in [2.75, 3.05) is 0 Å². The van der Waals surface area contributed by atoms with E-state index in [1.807, 2.05) is 18.2 Å². The minimum Gasteiger partial charge on any atom is -0.258 e. The largest absolute Gasteiger partial charge is 0.273 e. The van der Waals surface area contributed by atoms with Crippen molar-refractivity contribution >= 4 is 49.1 Å². The molecular weight excluding hydrogens is 409 g/mol. The van der Waals surface area contributed by atoms with Gasteiger partial charge in [-0.2, -0.15) is 0 Å². The molecular formula is C14H10Br2ClNO2. The second-order valence-electron chi connectivity index (χ2n) is 4.14. The number of nitro groups is 1. The number of halogens is 3. The van der Waals surface area contributed by atoms with E-state index in [4.69, 9.17) is 11.6 Å². The maximum Gasteiger partial charge on any atom is 0.273 e. The van der Waals surface area contributed by atoms with Crippen LogP contribution in [0.1, 0.15) is 20.8 Å². The van der Waals surface area contributed by atoms with Crippen LogP contribution in [0.15, 0.2) is 48.5 Å². The highest BCUT2D eigenvalue weighted by Gasteiger charge is 2.27. The van der Waals surface area contributed by atoms with E-state index in [2.05, 4.69) is 31.9 Å². The molecule has 0 aromatic heterocycles. The van der Waals surface area contributed by atoms with E-state index >= 15 is 0 Å². The SMILES string of the molecule is O=[N+]([O-])c1ccccc1C(Br)C(Br)c1ccccc1Cl. The molecule has 0 saturated carbocycles. The van der Waals surface area contributed by atoms with Gasteiger partial charge in [-0.05, 0) is 11.6 Å². The van der Waals surface area contributed by atoms with Gasteiger partial charge in [0.1, 0.15) is 0 Å². The number of hydrogen-bond acceptors (Lipinski definition) is 2. The summed E-state index contributed by atoms with van der Waals surface area (Å²) in [5.41, 5.74) is 1.58. The highest BCUT2D eigenvalue weighted by Crippen LogP contribution is 2.46. The number of alkyl halides is 2. The predicted molar refractivity (Wildman–Crippen MR) is 87.9 cm³/mol. The standard InChI is InChI=1S/C14H10Br2ClNO2/c15-13(9-5-1-3-7-11(9)17)14(16)10-6-2-4-8-12(10)18(19)20/h1-8,13-14H. The Labute approximate surface area is 138 Å². The second kappa shape index (κ2) is 6.70. The molecule has 0 N–H and O–H groups in total. The zero-order chi connectivity index (χ0) is 14.7. The maximum atomic E-state index is 11.1. The van der Waals surface area contributed by atoms with E-state index < -0.39 is 0 Å². The average Bonchev–Trinajstić information content (AvgIpc) is 2.46. The molecule has 0 saturated heterocycles. The molecule has 2 unspecified atom stereocenters. The zero-order valence-corrected chi connectivity index (χ0v) is 14.1. The maximum absolute atomic E-state index is 11.1. The van der Waals surface area contributed by atoms with Gasteiger partial charge in [0.25, 0.3) is 5.69 Å². The summed E-state index contributed by atoms with van der Waals surface area (Å²) in [5.74, 6) is 0. The Morgan fingerprint density at radius 3 is 2.05 bits per heavy atom. The van der Waals surface area contributed by atoms with Crippen molar-refractivity contribution in [1.82, 2.24) is 0 Å². The summed E-state index contributed by atoms with van der Waals surface area (Å²) in [4.78, 5) is 10.3. The van der Waals surface area contributed by atoms with Gasteiger partial charge in [-0.3, -0.25) is 10.1 Å². The van der Waals surface area contributed by atoms with Crippen molar-refractivity contribution in [2.24, 2.45) is 0 Å². The predicted octanol–water partition coefficient (Wildman–Crippen LogP) is 5.82. The highest BCUT2D eigenvalue weighted by molar-refractivity contribution is 9.12. The Bertz CT molecular complexity index is 636. The quantitative estimate of drug-likeness (QED) is 0.356. The third kappa shape index (κ3) is 3.22. The minimum absolute atomic E-state index is 0.0888. The molecule has 104 valence electrons. The Kier molecular flexibility index (Phi) is 5.18. The van der Waals surface area contributed by atoms with Crippen molar-refractivity contribution in [1.29, 1.82) is 0 Å². The fourth-order valence-corrected chi connectivity index (χ4v) is 3.64. The van der Waals surface area contributed by atoms with Crippen LogP contribution in [0, 0.1) is 10.1 Å². The zero-order valence-electron chi connectivity index (χ0n) is 10.2. The molecule has 0 aliphatic carbocycles. The molecule has 0 radical (unpaired) electrons. The van der Waals surface area contributed by atoms with Gasteiger partial charge in [0.15, 0.2) is 0 Å². The normalized spacial score (nSPS) is 13.8. The first-order chi connectivity index (χ1) is 9.52. The molecule has 2 aromatic carbocycles. The summed E-state index contributed by atoms with van der Waals surface area (Å²) in [6.07, 6.45) is 0. The van der Waals surface area contributed by atoms with Crippen LogP contribution < -0.4 is 0 Å². The molecule has 0 bridgehead atoms. The van der Waals surface area contributed by atoms with Crippen LogP contribution in [0.25, 0.3) is 0 Å². The lowest BCUT2D eigenvalue weighted by molar-refractivity contribution is -0.385. The summed E-state index contributed by atoms with van der Waals surface area (Å²) < 4.78 is 0. The molecule has 2 aromatic rings. The van der Waals surface area contributed by atoms with Gasteiger partial charge < -0.3 is 0 Å². The van der Waals surface area contributed by atoms with Crippen LogP contribution in [-0.2, 0) is 0 Å². The summed E-state index contributed by atoms with van der Waals surface area (Å²) in [6, 6.07) is 14.1. The van der Waals surface area contributed by atoms with Gasteiger partial charge >= 0.3 is 0 Å². The van der Waals surface area contributed by atoms with E-state index in [0.29, 0.717) is 10.6 Å². The summed E-state index contributed by atoms with van der Waals surface area (Å²) >= 11 is 13.3. The number of rotatable bonds is 4. The van der Waals surface area contributed by atoms with Gasteiger partial charge in [0.05, 0.1) is 14.6 Å². The van der Waals surface area contributed by atoms with Crippen molar-refractivity contribution in [3.63, 3.8) is 0 Å². The van der Waals surface area contributed by atoms with Crippen LogP contribution >= 0.6 is 43.5 Å². The van der Waals surface area contributed by atoms with E-state index in [1.54, 1.807) is 24.3 Å². The van der Waals surface area contributed by atoms with Crippen molar-refractivity contribution < 1.29 is 4.92 Å². The van der Waals surface area contributed by atoms with Crippen LogP contribution in [0.4, 0.5) is 5.69 Å². The number of nitrogens with zero attached hydrogens (tertiary/aromatic N) is 1. The van der Waals surface area contributed by atoms with Gasteiger partial charge in [-0.1, -0.05) is 79.9 Å². The number of hydrogen-bond donors (Lipinski definition) is 0. The van der Waals surface area contributed by atoms with Crippen LogP contribution in [0.3, 0.4) is 0 Å². The number of benzene rings is 2. The third-order valence-corrected chi connectivity index (χ3v) is 5.99. The molecule has 20 heavy (non-hydrogen) atoms. The molecule has 0 aliphatic heterocycles. The lowest BCUT2D eigenvalue weighted by atomic mass is 10.0. The van der Waals surface area contributed by atoms with E-state index in [-0.39, 0.29) is 20.3 Å². The molecule has 3 nitrogen and oxygen atoms in total. The Morgan fingerprint density at radius 1 is 0.950 bits per heavy atom. The number of para-hydroxylation sites is 1. The summed E-state index contributed by atoms with van der Waals surface area (Å²) in [5, 5.41) is 11.7. The smallest absolute Gasteiger partial charge is 0.258 e. The Hall–Kier alpha value is -0.910. The molecule has 6 heteroatoms. The molecule has 0 spiro atoms. The summed E-state index contributed by atoms with van der Waals surface area (Å²) in [7, 11) is 0. The van der Waals surface area contributed by atoms with Gasteiger partial charge in [-0.25, -0.2) is 0 Å². The van der Waals surface area contributed by atoms with Crippen molar-refractivity contribution in [2.45, 2.75) is 9.65 Å². The average molecular weight is 420 g/mol. The fourth-order valence-electron chi connectivity index (χ4n) is 1.90. The lowest BCUT2D eigenvalue weighted by Gasteiger charge is -2.18. The minimum atomic E-state index is -0.379. The van der Waals surface area contributed by atoms with Crippen LogP contribution in [0.5, 0.6) is 0 Å². The summed E-state index contributed by atoms with van der Waals surface area (Å²) in [6.45, 7) is 0. The topological polar surface area (TPSA) is 43.1 Å². The van der Waals surface area contributed by atoms with E-state index in [9.17, 15) is 10.1 Å². The van der Waals surface area contributed by atoms with E-state index in [1.165, 1.54) is 6.07 Å². The first-order valence-electron chi connectivity index (χ1n) is 5.78. The molecule has 2 atom stereocenters. The molecule has 0 fully saturated rings. The monoisotopic (exact) mass is 417 g/mol. The molecule has 2 rings (SSSR count).